The Morgan fingerprint density at radius 1 is 1.29 bits per heavy atom. The minimum absolute atomic E-state index is 0.337. The van der Waals surface area contributed by atoms with E-state index in [0.717, 1.165) is 12.1 Å². The summed E-state index contributed by atoms with van der Waals surface area (Å²) in [6.45, 7) is 6.15. The molecular weight excluding hydrogens is 318 g/mol. The Morgan fingerprint density at radius 2 is 1.92 bits per heavy atom. The number of likely N-dealkylation sites (tertiary alicyclic amines) is 1. The van der Waals surface area contributed by atoms with E-state index in [4.69, 9.17) is 5.11 Å². The zero-order chi connectivity index (χ0) is 17.9. The molecule has 1 saturated heterocycles. The fourth-order valence-electron chi connectivity index (χ4n) is 2.73. The Morgan fingerprint density at radius 3 is 2.42 bits per heavy atom. The molecule has 2 rings (SSSR count). The van der Waals surface area contributed by atoms with Crippen LogP contribution in [0.25, 0.3) is 0 Å². The minimum Gasteiger partial charge on any atom is -0.481 e. The molecule has 7 heteroatoms. The predicted octanol–water partition coefficient (Wildman–Crippen LogP) is 3.09. The van der Waals surface area contributed by atoms with Crippen LogP contribution in [0.1, 0.15) is 31.4 Å². The summed E-state index contributed by atoms with van der Waals surface area (Å²) in [5, 5.41) is 11.7. The lowest BCUT2D eigenvalue weighted by atomic mass is 9.97. The van der Waals surface area contributed by atoms with Crippen molar-refractivity contribution in [3.63, 3.8) is 0 Å². The van der Waals surface area contributed by atoms with E-state index >= 15 is 0 Å². The van der Waals surface area contributed by atoms with Crippen molar-refractivity contribution >= 4 is 12.0 Å². The van der Waals surface area contributed by atoms with Gasteiger partial charge in [0.1, 0.15) is 0 Å². The fraction of sp³-hybridized carbons (Fsp3) is 0.412. The number of hydrogen-bond acceptors (Lipinski definition) is 2. The summed E-state index contributed by atoms with van der Waals surface area (Å²) < 4.78 is 26.5. The molecule has 5 nitrogen and oxygen atoms in total. The number of amides is 2. The van der Waals surface area contributed by atoms with Gasteiger partial charge in [0.05, 0.1) is 12.0 Å². The van der Waals surface area contributed by atoms with Gasteiger partial charge in [0, 0.05) is 13.1 Å². The fourth-order valence-corrected chi connectivity index (χ4v) is 2.73. The Hall–Kier alpha value is -2.44. The molecule has 0 saturated carbocycles. The highest BCUT2D eigenvalue weighted by Crippen LogP contribution is 2.23. The molecule has 0 spiro atoms. The molecule has 1 aromatic carbocycles. The van der Waals surface area contributed by atoms with Crippen molar-refractivity contribution in [2.24, 2.45) is 5.92 Å². The third-order valence-electron chi connectivity index (χ3n) is 4.17. The summed E-state index contributed by atoms with van der Waals surface area (Å²) in [7, 11) is 0. The number of aliphatic carboxylic acids is 1. The highest BCUT2D eigenvalue weighted by atomic mass is 19.2. The van der Waals surface area contributed by atoms with Crippen LogP contribution in [0.15, 0.2) is 30.4 Å². The third-order valence-corrected chi connectivity index (χ3v) is 4.17. The van der Waals surface area contributed by atoms with Crippen LogP contribution in [0, 0.1) is 17.6 Å². The number of nitrogens with zero attached hydrogens (tertiary/aromatic N) is 1. The van der Waals surface area contributed by atoms with Gasteiger partial charge in [-0.2, -0.15) is 0 Å². The predicted molar refractivity (Wildman–Crippen MR) is 84.4 cm³/mol. The highest BCUT2D eigenvalue weighted by molar-refractivity contribution is 5.76. The second-order valence-electron chi connectivity index (χ2n) is 6.00. The molecule has 24 heavy (non-hydrogen) atoms. The van der Waals surface area contributed by atoms with Gasteiger partial charge in [0.2, 0.25) is 0 Å². The summed E-state index contributed by atoms with van der Waals surface area (Å²) >= 11 is 0. The second kappa shape index (κ2) is 7.42. The second-order valence-corrected chi connectivity index (χ2v) is 6.00. The monoisotopic (exact) mass is 338 g/mol. The van der Waals surface area contributed by atoms with E-state index in [9.17, 15) is 18.4 Å². The van der Waals surface area contributed by atoms with Crippen molar-refractivity contribution < 1.29 is 23.5 Å². The summed E-state index contributed by atoms with van der Waals surface area (Å²) in [5.41, 5.74) is 0.977. The molecule has 0 aliphatic carbocycles. The third kappa shape index (κ3) is 4.10. The largest absolute Gasteiger partial charge is 0.481 e. The smallest absolute Gasteiger partial charge is 0.318 e. The molecule has 0 bridgehead atoms. The molecule has 1 unspecified atom stereocenters. The number of urea groups is 1. The number of benzene rings is 1. The summed E-state index contributed by atoms with van der Waals surface area (Å²) in [4.78, 5) is 24.8. The van der Waals surface area contributed by atoms with Gasteiger partial charge in [-0.05, 0) is 37.5 Å². The number of carbonyl (C=O) groups is 2. The van der Waals surface area contributed by atoms with Crippen LogP contribution in [0.5, 0.6) is 0 Å². The number of carboxylic acids is 1. The normalized spacial score (nSPS) is 16.5. The van der Waals surface area contributed by atoms with E-state index in [2.05, 4.69) is 11.9 Å². The zero-order valence-corrected chi connectivity index (χ0v) is 13.4. The van der Waals surface area contributed by atoms with Gasteiger partial charge in [0.25, 0.3) is 0 Å². The minimum atomic E-state index is -0.990. The maximum absolute atomic E-state index is 13.4. The summed E-state index contributed by atoms with van der Waals surface area (Å²) in [6.07, 6.45) is 0.789. The van der Waals surface area contributed by atoms with Gasteiger partial charge in [-0.15, -0.1) is 0 Å². The number of nitrogens with one attached hydrogen (secondary N) is 1. The van der Waals surface area contributed by atoms with E-state index in [1.165, 1.54) is 11.0 Å². The van der Waals surface area contributed by atoms with Gasteiger partial charge in [-0.25, -0.2) is 13.6 Å². The van der Waals surface area contributed by atoms with Crippen molar-refractivity contribution in [2.45, 2.75) is 25.8 Å². The Balaban J connectivity index is 2.05. The van der Waals surface area contributed by atoms with Gasteiger partial charge < -0.3 is 15.3 Å². The summed E-state index contributed by atoms with van der Waals surface area (Å²) in [5.74, 6) is -3.23. The van der Waals surface area contributed by atoms with Crippen LogP contribution >= 0.6 is 0 Å². The molecule has 1 aromatic rings. The quantitative estimate of drug-likeness (QED) is 0.829. The molecule has 1 aliphatic rings. The maximum Gasteiger partial charge on any atom is 0.318 e. The molecule has 1 aliphatic heterocycles. The maximum atomic E-state index is 13.4. The van der Waals surface area contributed by atoms with Crippen LogP contribution in [0.3, 0.4) is 0 Å². The number of rotatable bonds is 4. The van der Waals surface area contributed by atoms with Crippen LogP contribution in [-0.4, -0.2) is 35.1 Å². The lowest BCUT2D eigenvalue weighted by molar-refractivity contribution is -0.143. The average molecular weight is 338 g/mol. The van der Waals surface area contributed by atoms with Crippen LogP contribution in [-0.2, 0) is 4.79 Å². The SMILES string of the molecule is C=C(C)C(NC(=O)N1CCC(C(=O)O)CC1)c1ccc(F)c(F)c1. The van der Waals surface area contributed by atoms with Crippen LogP contribution < -0.4 is 5.32 Å². The lowest BCUT2D eigenvalue weighted by Crippen LogP contribution is -2.46. The van der Waals surface area contributed by atoms with Crippen molar-refractivity contribution in [1.29, 1.82) is 0 Å². The molecule has 2 N–H and O–H groups in total. The first-order valence-electron chi connectivity index (χ1n) is 7.68. The molecule has 0 radical (unpaired) electrons. The van der Waals surface area contributed by atoms with E-state index < -0.39 is 29.6 Å². The molecule has 1 heterocycles. The first-order chi connectivity index (χ1) is 11.3. The molecular formula is C17H20F2N2O3. The van der Waals surface area contributed by atoms with E-state index in [1.807, 2.05) is 0 Å². The number of piperidine rings is 1. The number of carbonyl (C=O) groups excluding carboxylic acids is 1. The zero-order valence-electron chi connectivity index (χ0n) is 13.4. The topological polar surface area (TPSA) is 69.6 Å². The average Bonchev–Trinajstić information content (AvgIpc) is 2.55. The van der Waals surface area contributed by atoms with E-state index in [0.29, 0.717) is 37.1 Å². The van der Waals surface area contributed by atoms with Gasteiger partial charge >= 0.3 is 12.0 Å². The molecule has 1 atom stereocenters. The van der Waals surface area contributed by atoms with Gasteiger partial charge in [-0.1, -0.05) is 18.2 Å². The number of halogens is 2. The van der Waals surface area contributed by atoms with Crippen molar-refractivity contribution in [2.75, 3.05) is 13.1 Å². The van der Waals surface area contributed by atoms with Crippen LogP contribution in [0.2, 0.25) is 0 Å². The Labute approximate surface area is 139 Å². The van der Waals surface area contributed by atoms with Crippen molar-refractivity contribution in [3.8, 4) is 0 Å². The highest BCUT2D eigenvalue weighted by Gasteiger charge is 2.28. The summed E-state index contributed by atoms with van der Waals surface area (Å²) in [6, 6.07) is 2.41. The van der Waals surface area contributed by atoms with E-state index in [-0.39, 0.29) is 6.03 Å². The van der Waals surface area contributed by atoms with Gasteiger partial charge in [-0.3, -0.25) is 4.79 Å². The van der Waals surface area contributed by atoms with Crippen LogP contribution in [0.4, 0.5) is 13.6 Å². The van der Waals surface area contributed by atoms with Crippen molar-refractivity contribution in [1.82, 2.24) is 10.2 Å². The van der Waals surface area contributed by atoms with Gasteiger partial charge in [0.15, 0.2) is 11.6 Å². The first-order valence-corrected chi connectivity index (χ1v) is 7.68. The number of carboxylic acid groups (broad SMARTS) is 1. The van der Waals surface area contributed by atoms with E-state index in [1.54, 1.807) is 6.92 Å². The first kappa shape index (κ1) is 17.9. The molecule has 130 valence electrons. The Bertz CT molecular complexity index is 655. The molecule has 0 aromatic heterocycles. The molecule has 2 amide bonds. The lowest BCUT2D eigenvalue weighted by Gasteiger charge is -2.32. The standard InChI is InChI=1S/C17H20F2N2O3/c1-10(2)15(12-3-4-13(18)14(19)9-12)20-17(24)21-7-5-11(6-8-21)16(22)23/h3-4,9,11,15H,1,5-8H2,2H3,(H,20,24)(H,22,23). The molecule has 1 fully saturated rings. The number of hydrogen-bond donors (Lipinski definition) is 2. The Kier molecular flexibility index (Phi) is 5.54. The van der Waals surface area contributed by atoms with Crippen molar-refractivity contribution in [3.05, 3.63) is 47.5 Å².